The van der Waals surface area contributed by atoms with Crippen molar-refractivity contribution in [2.24, 2.45) is 0 Å². The van der Waals surface area contributed by atoms with E-state index in [9.17, 15) is 0 Å². The summed E-state index contributed by atoms with van der Waals surface area (Å²) in [5, 5.41) is 0. The molecule has 0 aliphatic heterocycles. The van der Waals surface area contributed by atoms with Crippen LogP contribution in [0, 0.1) is 5.51 Å². The number of para-hydroxylation sites is 1. The molecule has 0 atom stereocenters. The van der Waals surface area contributed by atoms with Crippen molar-refractivity contribution in [2.75, 3.05) is 0 Å². The van der Waals surface area contributed by atoms with Crippen molar-refractivity contribution in [3.63, 3.8) is 0 Å². The van der Waals surface area contributed by atoms with E-state index in [1.165, 1.54) is 4.70 Å². The second kappa shape index (κ2) is 1.81. The van der Waals surface area contributed by atoms with Crippen molar-refractivity contribution >= 4 is 21.6 Å². The molecule has 2 aromatic rings. The molecule has 0 amide bonds. The van der Waals surface area contributed by atoms with Crippen LogP contribution in [0.4, 0.5) is 0 Å². The van der Waals surface area contributed by atoms with Crippen LogP contribution in [0.15, 0.2) is 24.3 Å². The Morgan fingerprint density at radius 2 is 2.33 bits per heavy atom. The number of fused-ring (bicyclic) bond motifs is 1. The molecule has 0 fully saturated rings. The van der Waals surface area contributed by atoms with Gasteiger partial charge < -0.3 is 0 Å². The lowest BCUT2D eigenvalue weighted by atomic mass is 10.3. The fourth-order valence-electron chi connectivity index (χ4n) is 0.757. The molecule has 1 heterocycles. The summed E-state index contributed by atoms with van der Waals surface area (Å²) in [4.78, 5) is 4.01. The van der Waals surface area contributed by atoms with E-state index < -0.39 is 0 Å². The molecule has 1 radical (unpaired) electrons. The summed E-state index contributed by atoms with van der Waals surface area (Å²) in [6, 6.07) is 8.02. The van der Waals surface area contributed by atoms with Gasteiger partial charge in [-0.05, 0) is 12.1 Å². The highest BCUT2D eigenvalue weighted by atomic mass is 32.1. The van der Waals surface area contributed by atoms with Crippen LogP contribution in [-0.2, 0) is 0 Å². The SMILES string of the molecule is [H+].[c]1nc2ccccc2s1. The zero-order chi connectivity index (χ0) is 6.10. The summed E-state index contributed by atoms with van der Waals surface area (Å²) in [6.45, 7) is 0. The molecule has 1 aromatic carbocycles. The fraction of sp³-hybridized carbons (Fsp3) is 0. The summed E-state index contributed by atoms with van der Waals surface area (Å²) in [7, 11) is 0. The van der Waals surface area contributed by atoms with Crippen LogP contribution in [0.25, 0.3) is 10.2 Å². The molecular weight excluding hydrogens is 130 g/mol. The zero-order valence-corrected chi connectivity index (χ0v) is 5.48. The Hall–Kier alpha value is -0.890. The zero-order valence-electron chi connectivity index (χ0n) is 5.66. The second-order valence-corrected chi connectivity index (χ2v) is 2.60. The molecule has 0 aliphatic rings. The molecule has 0 saturated carbocycles. The summed E-state index contributed by atoms with van der Waals surface area (Å²) in [5.41, 5.74) is 3.87. The molecule has 0 saturated heterocycles. The van der Waals surface area contributed by atoms with Gasteiger partial charge in [-0.15, -0.1) is 11.3 Å². The lowest BCUT2D eigenvalue weighted by Gasteiger charge is -1.80. The standard InChI is InChI=1S/C7H4NS/c1-2-4-7-6(3-1)8-5-9-7/h1-4H/p+1. The first-order valence-electron chi connectivity index (χ1n) is 2.68. The molecule has 43 valence electrons. The van der Waals surface area contributed by atoms with Gasteiger partial charge in [0.1, 0.15) is 0 Å². The Labute approximate surface area is 58.5 Å². The first kappa shape index (κ1) is 4.94. The van der Waals surface area contributed by atoms with E-state index in [1.807, 2.05) is 24.3 Å². The maximum absolute atomic E-state index is 4.01. The average Bonchev–Trinajstić information content (AvgIpc) is 2.33. The number of rotatable bonds is 0. The van der Waals surface area contributed by atoms with E-state index in [0.717, 1.165) is 5.52 Å². The van der Waals surface area contributed by atoms with Crippen molar-refractivity contribution in [1.29, 1.82) is 0 Å². The summed E-state index contributed by atoms with van der Waals surface area (Å²) >= 11 is 1.55. The minimum absolute atomic E-state index is 0. The monoisotopic (exact) mass is 135 g/mol. The number of benzene rings is 1. The van der Waals surface area contributed by atoms with Gasteiger partial charge >= 0.3 is 1.43 Å². The van der Waals surface area contributed by atoms with E-state index in [1.54, 1.807) is 11.3 Å². The molecule has 1 aromatic heterocycles. The third-order valence-corrected chi connectivity index (χ3v) is 1.93. The highest BCUT2D eigenvalue weighted by Crippen LogP contribution is 2.14. The van der Waals surface area contributed by atoms with Crippen LogP contribution in [0.5, 0.6) is 0 Å². The van der Waals surface area contributed by atoms with Gasteiger partial charge in [-0.3, -0.25) is 0 Å². The molecule has 0 aliphatic carbocycles. The molecule has 9 heavy (non-hydrogen) atoms. The van der Waals surface area contributed by atoms with Gasteiger partial charge in [0.25, 0.3) is 0 Å². The van der Waals surface area contributed by atoms with E-state index in [0.29, 0.717) is 0 Å². The molecule has 0 bridgehead atoms. The minimum Gasteiger partial charge on any atom is -0.233 e. The lowest BCUT2D eigenvalue weighted by Crippen LogP contribution is -1.61. The van der Waals surface area contributed by atoms with E-state index >= 15 is 0 Å². The predicted octanol–water partition coefficient (Wildman–Crippen LogP) is 2.21. The van der Waals surface area contributed by atoms with Crippen molar-refractivity contribution in [2.45, 2.75) is 0 Å². The molecule has 2 rings (SSSR count). The molecule has 0 spiro atoms. The second-order valence-electron chi connectivity index (χ2n) is 1.77. The molecule has 1 nitrogen and oxygen atoms in total. The number of thiazole rings is 1. The summed E-state index contributed by atoms with van der Waals surface area (Å²) in [6.07, 6.45) is 0. The first-order chi connectivity index (χ1) is 4.47. The van der Waals surface area contributed by atoms with Gasteiger partial charge in [-0.2, -0.15) is 0 Å². The van der Waals surface area contributed by atoms with Crippen molar-refractivity contribution in [3.8, 4) is 0 Å². The minimum atomic E-state index is 0. The van der Waals surface area contributed by atoms with Gasteiger partial charge in [-0.25, -0.2) is 4.98 Å². The van der Waals surface area contributed by atoms with Crippen LogP contribution in [-0.4, -0.2) is 4.98 Å². The highest BCUT2D eigenvalue weighted by Gasteiger charge is 1.90. The Morgan fingerprint density at radius 1 is 1.44 bits per heavy atom. The van der Waals surface area contributed by atoms with Gasteiger partial charge in [0.15, 0.2) is 5.51 Å². The number of hydrogen-bond acceptors (Lipinski definition) is 2. The highest BCUT2D eigenvalue weighted by molar-refractivity contribution is 7.16. The van der Waals surface area contributed by atoms with Crippen LogP contribution in [0.2, 0.25) is 0 Å². The maximum atomic E-state index is 4.01. The smallest absolute Gasteiger partial charge is 0.233 e. The van der Waals surface area contributed by atoms with Crippen LogP contribution in [0.1, 0.15) is 1.43 Å². The van der Waals surface area contributed by atoms with Crippen molar-refractivity contribution < 1.29 is 1.43 Å². The Morgan fingerprint density at radius 3 is 3.22 bits per heavy atom. The Balaban J connectivity index is 0.000000500. The van der Waals surface area contributed by atoms with Gasteiger partial charge in [0, 0.05) is 0 Å². The number of hydrogen-bond donors (Lipinski definition) is 0. The normalized spacial score (nSPS) is 10.2. The lowest BCUT2D eigenvalue weighted by molar-refractivity contribution is 1.48. The van der Waals surface area contributed by atoms with Crippen molar-refractivity contribution in [1.82, 2.24) is 4.98 Å². The summed E-state index contributed by atoms with van der Waals surface area (Å²) < 4.78 is 1.21. The third kappa shape index (κ3) is 0.715. The third-order valence-electron chi connectivity index (χ3n) is 1.19. The largest absolute Gasteiger partial charge is 1.00 e. The molecule has 2 heteroatoms. The number of nitrogens with zero attached hydrogens (tertiary/aromatic N) is 1. The van der Waals surface area contributed by atoms with E-state index in [-0.39, 0.29) is 1.43 Å². The predicted molar refractivity (Wildman–Crippen MR) is 39.6 cm³/mol. The van der Waals surface area contributed by atoms with Crippen LogP contribution >= 0.6 is 11.3 Å². The fourth-order valence-corrected chi connectivity index (χ4v) is 1.36. The maximum Gasteiger partial charge on any atom is 1.00 e. The topological polar surface area (TPSA) is 12.9 Å². The van der Waals surface area contributed by atoms with E-state index in [4.69, 9.17) is 0 Å². The Bertz CT molecular complexity index is 288. The quantitative estimate of drug-likeness (QED) is 0.539. The van der Waals surface area contributed by atoms with Crippen molar-refractivity contribution in [3.05, 3.63) is 29.8 Å². The van der Waals surface area contributed by atoms with Gasteiger partial charge in [-0.1, -0.05) is 12.1 Å². The summed E-state index contributed by atoms with van der Waals surface area (Å²) in [5.74, 6) is 0. The van der Waals surface area contributed by atoms with Gasteiger partial charge in [0.2, 0.25) is 0 Å². The van der Waals surface area contributed by atoms with Crippen LogP contribution in [0.3, 0.4) is 0 Å². The molecule has 0 N–H and O–H groups in total. The first-order valence-corrected chi connectivity index (χ1v) is 3.50. The molecule has 0 unspecified atom stereocenters. The Kier molecular flexibility index (Phi) is 0.993. The van der Waals surface area contributed by atoms with Crippen LogP contribution < -0.4 is 0 Å². The number of aromatic nitrogens is 1. The average molecular weight is 135 g/mol. The van der Waals surface area contributed by atoms with Gasteiger partial charge in [0.05, 0.1) is 10.2 Å². The molecular formula is C7H5NS+. The van der Waals surface area contributed by atoms with E-state index in [2.05, 4.69) is 10.5 Å².